The minimum atomic E-state index is -0.494. The van der Waals surface area contributed by atoms with Crippen molar-refractivity contribution in [2.45, 2.75) is 10.9 Å². The summed E-state index contributed by atoms with van der Waals surface area (Å²) in [7, 11) is 0. The summed E-state index contributed by atoms with van der Waals surface area (Å²) in [5, 5.41) is 10.2. The van der Waals surface area contributed by atoms with Gasteiger partial charge in [0.05, 0.1) is 5.56 Å². The first-order chi connectivity index (χ1) is 13.5. The Hall–Kier alpha value is -3.17. The first kappa shape index (κ1) is 18.2. The van der Waals surface area contributed by atoms with Crippen LogP contribution < -0.4 is 11.3 Å². The molecule has 1 aliphatic carbocycles. The van der Waals surface area contributed by atoms with E-state index in [1.807, 2.05) is 30.3 Å². The monoisotopic (exact) mass is 410 g/mol. The van der Waals surface area contributed by atoms with Gasteiger partial charge in [0.15, 0.2) is 10.9 Å². The van der Waals surface area contributed by atoms with Gasteiger partial charge in [0.1, 0.15) is 5.82 Å². The van der Waals surface area contributed by atoms with Gasteiger partial charge in [-0.05, 0) is 29.4 Å². The number of benzene rings is 1. The van der Waals surface area contributed by atoms with E-state index in [1.165, 1.54) is 36.1 Å². The van der Waals surface area contributed by atoms with Crippen LogP contribution in [0.3, 0.4) is 0 Å². The highest BCUT2D eigenvalue weighted by Crippen LogP contribution is 2.27. The van der Waals surface area contributed by atoms with Crippen LogP contribution in [0.4, 0.5) is 5.82 Å². The number of hydrogen-bond acceptors (Lipinski definition) is 8. The van der Waals surface area contributed by atoms with Crippen molar-refractivity contribution in [1.29, 1.82) is 0 Å². The second-order valence-electron chi connectivity index (χ2n) is 5.94. The van der Waals surface area contributed by atoms with Crippen molar-refractivity contribution in [3.63, 3.8) is 0 Å². The summed E-state index contributed by atoms with van der Waals surface area (Å²) in [6, 6.07) is 9.94. The number of nitrogens with two attached hydrogens (primary N) is 1. The average molecular weight is 410 g/mol. The van der Waals surface area contributed by atoms with Crippen LogP contribution in [0, 0.1) is 0 Å². The number of aliphatic hydroxyl groups excluding tert-OH is 1. The van der Waals surface area contributed by atoms with E-state index in [9.17, 15) is 14.7 Å². The van der Waals surface area contributed by atoms with Gasteiger partial charge in [0.2, 0.25) is 10.7 Å². The zero-order chi connectivity index (χ0) is 19.7. The van der Waals surface area contributed by atoms with E-state index in [-0.39, 0.29) is 11.4 Å². The predicted octanol–water partition coefficient (Wildman–Crippen LogP) is 2.99. The van der Waals surface area contributed by atoms with Crippen LogP contribution in [0.5, 0.6) is 0 Å². The van der Waals surface area contributed by atoms with E-state index >= 15 is 0 Å². The minimum Gasteiger partial charge on any atom is -0.504 e. The molecule has 0 bridgehead atoms. The molecule has 140 valence electrons. The van der Waals surface area contributed by atoms with Gasteiger partial charge < -0.3 is 10.8 Å². The second kappa shape index (κ2) is 7.45. The van der Waals surface area contributed by atoms with Gasteiger partial charge in [-0.1, -0.05) is 48.2 Å². The number of aliphatic hydroxyl groups is 1. The Labute approximate surface area is 167 Å². The topological polar surface area (TPSA) is 111 Å². The van der Waals surface area contributed by atoms with E-state index in [4.69, 9.17) is 5.73 Å². The van der Waals surface area contributed by atoms with Gasteiger partial charge in [0, 0.05) is 17.3 Å². The molecule has 0 saturated carbocycles. The van der Waals surface area contributed by atoms with Crippen LogP contribution in [-0.2, 0) is 10.5 Å². The maximum atomic E-state index is 12.4. The number of hydrogen-bond donors (Lipinski definition) is 2. The summed E-state index contributed by atoms with van der Waals surface area (Å²) < 4.78 is 6.02. The molecule has 0 radical (unpaired) electrons. The van der Waals surface area contributed by atoms with Gasteiger partial charge in [0.25, 0.3) is 5.56 Å². The number of ketones is 1. The van der Waals surface area contributed by atoms with Crippen molar-refractivity contribution in [3.05, 3.63) is 81.4 Å². The molecule has 9 heteroatoms. The molecule has 1 aromatic carbocycles. The van der Waals surface area contributed by atoms with Gasteiger partial charge in [-0.15, -0.1) is 0 Å². The fraction of sp³-hybridized carbons (Fsp3) is 0.0526. The molecule has 2 heterocycles. The predicted molar refractivity (Wildman–Crippen MR) is 110 cm³/mol. The molecular weight excluding hydrogens is 396 g/mol. The maximum Gasteiger partial charge on any atom is 0.283 e. The van der Waals surface area contributed by atoms with Crippen molar-refractivity contribution < 1.29 is 9.90 Å². The highest BCUT2D eigenvalue weighted by Gasteiger charge is 2.16. The van der Waals surface area contributed by atoms with Crippen LogP contribution in [0.2, 0.25) is 0 Å². The lowest BCUT2D eigenvalue weighted by atomic mass is 10.1. The Kier molecular flexibility index (Phi) is 4.84. The van der Waals surface area contributed by atoms with E-state index in [1.54, 1.807) is 4.40 Å². The fourth-order valence-electron chi connectivity index (χ4n) is 2.64. The highest BCUT2D eigenvalue weighted by atomic mass is 32.2. The SMILES string of the molecule is Nc1c(C=C2C=CC(=O)C(O)=C2)c(=O)nc2snc(SCc3ccccc3)n12. The maximum absolute atomic E-state index is 12.4. The summed E-state index contributed by atoms with van der Waals surface area (Å²) in [6.45, 7) is 0. The number of rotatable bonds is 4. The summed E-state index contributed by atoms with van der Waals surface area (Å²) in [5.41, 5.74) is 7.57. The third-order valence-corrected chi connectivity index (χ3v) is 5.86. The van der Waals surface area contributed by atoms with E-state index in [0.717, 1.165) is 17.1 Å². The van der Waals surface area contributed by atoms with E-state index < -0.39 is 17.1 Å². The molecular formula is C19H14N4O3S2. The third-order valence-electron chi connectivity index (χ3n) is 4.04. The number of thioether (sulfide) groups is 1. The largest absolute Gasteiger partial charge is 0.504 e. The van der Waals surface area contributed by atoms with Crippen molar-refractivity contribution in [2.75, 3.05) is 5.73 Å². The third kappa shape index (κ3) is 3.49. The molecule has 0 amide bonds. The molecule has 0 atom stereocenters. The molecule has 7 nitrogen and oxygen atoms in total. The Morgan fingerprint density at radius 3 is 2.75 bits per heavy atom. The molecule has 3 aromatic rings. The first-order valence-electron chi connectivity index (χ1n) is 8.22. The molecule has 28 heavy (non-hydrogen) atoms. The normalized spacial score (nSPS) is 15.4. The molecule has 0 aliphatic heterocycles. The van der Waals surface area contributed by atoms with Crippen LogP contribution in [0.15, 0.2) is 69.8 Å². The molecule has 2 aromatic heterocycles. The summed E-state index contributed by atoms with van der Waals surface area (Å²) in [4.78, 5) is 28.2. The second-order valence-corrected chi connectivity index (χ2v) is 7.62. The number of allylic oxidation sites excluding steroid dienone is 4. The van der Waals surface area contributed by atoms with Gasteiger partial charge in [-0.25, -0.2) is 4.40 Å². The molecule has 4 rings (SSSR count). The van der Waals surface area contributed by atoms with Gasteiger partial charge in [-0.3, -0.25) is 9.59 Å². The number of fused-ring (bicyclic) bond motifs is 1. The number of nitrogen functional groups attached to an aromatic ring is 1. The number of nitrogens with zero attached hydrogens (tertiary/aromatic N) is 3. The lowest BCUT2D eigenvalue weighted by Crippen LogP contribution is -2.16. The smallest absolute Gasteiger partial charge is 0.283 e. The number of aromatic nitrogens is 3. The lowest BCUT2D eigenvalue weighted by molar-refractivity contribution is -0.113. The summed E-state index contributed by atoms with van der Waals surface area (Å²) in [5.74, 6) is 0.0307. The zero-order valence-corrected chi connectivity index (χ0v) is 16.0. The molecule has 1 aliphatic rings. The minimum absolute atomic E-state index is 0.178. The zero-order valence-electron chi connectivity index (χ0n) is 14.4. The fourth-order valence-corrected chi connectivity index (χ4v) is 4.45. The lowest BCUT2D eigenvalue weighted by Gasteiger charge is -2.07. The molecule has 3 N–H and O–H groups in total. The van der Waals surface area contributed by atoms with Crippen molar-refractivity contribution in [1.82, 2.24) is 13.8 Å². The highest BCUT2D eigenvalue weighted by molar-refractivity contribution is 7.98. The Balaban J connectivity index is 1.74. The van der Waals surface area contributed by atoms with Crippen LogP contribution >= 0.6 is 23.3 Å². The standard InChI is InChI=1S/C19H14N4O3S2/c20-16-13(8-12-6-7-14(24)15(25)9-12)17(26)21-18-23(16)19(22-28-18)27-10-11-4-2-1-3-5-11/h1-9,25H,10,20H2. The number of anilines is 1. The van der Waals surface area contributed by atoms with Crippen LogP contribution in [0.25, 0.3) is 11.0 Å². The van der Waals surface area contributed by atoms with Crippen LogP contribution in [0.1, 0.15) is 11.1 Å². The first-order valence-corrected chi connectivity index (χ1v) is 9.98. The molecule has 0 saturated heterocycles. The van der Waals surface area contributed by atoms with E-state index in [0.29, 0.717) is 21.4 Å². The Bertz CT molecular complexity index is 1220. The van der Waals surface area contributed by atoms with Crippen molar-refractivity contribution in [2.24, 2.45) is 0 Å². The molecule has 0 unspecified atom stereocenters. The van der Waals surface area contributed by atoms with Crippen molar-refractivity contribution in [3.8, 4) is 0 Å². The van der Waals surface area contributed by atoms with E-state index in [2.05, 4.69) is 9.36 Å². The summed E-state index contributed by atoms with van der Waals surface area (Å²) in [6.07, 6.45) is 5.52. The molecule has 0 spiro atoms. The van der Waals surface area contributed by atoms with Gasteiger partial charge in [-0.2, -0.15) is 9.36 Å². The van der Waals surface area contributed by atoms with Crippen LogP contribution in [-0.4, -0.2) is 24.6 Å². The van der Waals surface area contributed by atoms with Crippen molar-refractivity contribution >= 4 is 45.9 Å². The number of carbonyl (C=O) groups excluding carboxylic acids is 1. The average Bonchev–Trinajstić information content (AvgIpc) is 3.10. The number of carbonyl (C=O) groups is 1. The Morgan fingerprint density at radius 2 is 2.00 bits per heavy atom. The molecule has 0 fully saturated rings. The quantitative estimate of drug-likeness (QED) is 0.636. The summed E-state index contributed by atoms with van der Waals surface area (Å²) >= 11 is 2.60. The van der Waals surface area contributed by atoms with Gasteiger partial charge >= 0.3 is 0 Å². The Morgan fingerprint density at radius 1 is 1.21 bits per heavy atom.